The van der Waals surface area contributed by atoms with Crippen LogP contribution in [0.3, 0.4) is 0 Å². The highest BCUT2D eigenvalue weighted by molar-refractivity contribution is 7.65. The summed E-state index contributed by atoms with van der Waals surface area (Å²) in [5.41, 5.74) is 0.0485. The number of unbranched alkanes of at least 4 members (excludes halogenated alkanes) is 1. The Morgan fingerprint density at radius 1 is 1.15 bits per heavy atom. The maximum absolute atomic E-state index is 13.3. The van der Waals surface area contributed by atoms with E-state index in [2.05, 4.69) is 34.6 Å². The zero-order valence-electron chi connectivity index (χ0n) is 18.0. The summed E-state index contributed by atoms with van der Waals surface area (Å²) in [5.74, 6) is 1.25. The lowest BCUT2D eigenvalue weighted by molar-refractivity contribution is 0.107. The molecule has 1 aromatic rings. The fraction of sp³-hybridized carbons (Fsp3) is 0.682. The van der Waals surface area contributed by atoms with Crippen LogP contribution in [0.1, 0.15) is 77.1 Å². The van der Waals surface area contributed by atoms with E-state index < -0.39 is 7.80 Å². The normalized spacial score (nSPS) is 14.4. The van der Waals surface area contributed by atoms with Crippen LogP contribution in [-0.2, 0) is 4.57 Å². The van der Waals surface area contributed by atoms with Crippen molar-refractivity contribution in [3.63, 3.8) is 0 Å². The van der Waals surface area contributed by atoms with Crippen LogP contribution in [0.2, 0.25) is 0 Å². The van der Waals surface area contributed by atoms with Crippen LogP contribution in [0, 0.1) is 11.3 Å². The lowest BCUT2D eigenvalue weighted by atomic mass is 9.83. The molecule has 4 nitrogen and oxygen atoms in total. The van der Waals surface area contributed by atoms with Crippen molar-refractivity contribution in [2.24, 2.45) is 11.3 Å². The fourth-order valence-corrected chi connectivity index (χ4v) is 5.44. The van der Waals surface area contributed by atoms with Crippen LogP contribution in [0.25, 0.3) is 0 Å². The average molecular weight is 396 g/mol. The van der Waals surface area contributed by atoms with E-state index in [4.69, 9.17) is 9.47 Å². The van der Waals surface area contributed by atoms with Crippen molar-refractivity contribution in [3.8, 4) is 11.5 Å². The first-order chi connectivity index (χ1) is 12.6. The number of carbonyl (C=O) groups excluding carboxylic acids is 1. The molecule has 0 N–H and O–H groups in total. The summed E-state index contributed by atoms with van der Waals surface area (Å²) in [4.78, 5) is 13.1. The zero-order chi connectivity index (χ0) is 20.6. The van der Waals surface area contributed by atoms with E-state index in [1.54, 1.807) is 18.2 Å². The quantitative estimate of drug-likeness (QED) is 0.392. The molecule has 0 amide bonds. The lowest BCUT2D eigenvalue weighted by Crippen LogP contribution is -2.17. The molecule has 0 heterocycles. The van der Waals surface area contributed by atoms with Gasteiger partial charge in [-0.3, -0.25) is 0 Å². The molecular formula is C22H36O4P+. The summed E-state index contributed by atoms with van der Waals surface area (Å²) in [6.07, 6.45) is 4.66. The smallest absolute Gasteiger partial charge is 0.423 e. The molecule has 0 aliphatic heterocycles. The number of ether oxygens (including phenoxy) is 2. The fourth-order valence-electron chi connectivity index (χ4n) is 3.70. The summed E-state index contributed by atoms with van der Waals surface area (Å²) in [6, 6.07) is 5.19. The Bertz CT molecular complexity index is 611. The molecule has 1 aromatic carbocycles. The molecule has 27 heavy (non-hydrogen) atoms. The third-order valence-corrected chi connectivity index (χ3v) is 6.46. The Kier molecular flexibility index (Phi) is 9.45. The van der Waals surface area contributed by atoms with Crippen molar-refractivity contribution in [1.82, 2.24) is 0 Å². The SMILES string of the molecule is CCCCC(CC(C)CC(C)(C)C)[P+](=O)C(=O)c1c(OC)cccc1OC. The molecule has 0 fully saturated rings. The highest BCUT2D eigenvalue weighted by Crippen LogP contribution is 2.44. The molecular weight excluding hydrogens is 359 g/mol. The van der Waals surface area contributed by atoms with Crippen LogP contribution < -0.4 is 9.47 Å². The van der Waals surface area contributed by atoms with Gasteiger partial charge in [-0.15, -0.1) is 0 Å². The van der Waals surface area contributed by atoms with Gasteiger partial charge in [0, 0.05) is 0 Å². The topological polar surface area (TPSA) is 52.6 Å². The van der Waals surface area contributed by atoms with Gasteiger partial charge in [-0.2, -0.15) is 0 Å². The molecule has 0 aliphatic carbocycles. The van der Waals surface area contributed by atoms with Crippen molar-refractivity contribution < 1.29 is 18.8 Å². The van der Waals surface area contributed by atoms with E-state index in [9.17, 15) is 9.36 Å². The predicted octanol–water partition coefficient (Wildman–Crippen LogP) is 6.69. The molecule has 3 unspecified atom stereocenters. The van der Waals surface area contributed by atoms with Crippen molar-refractivity contribution in [3.05, 3.63) is 23.8 Å². The monoisotopic (exact) mass is 395 g/mol. The molecule has 152 valence electrons. The number of rotatable bonds is 11. The third-order valence-electron chi connectivity index (χ3n) is 4.70. The second kappa shape index (κ2) is 10.8. The minimum absolute atomic E-state index is 0.112. The molecule has 0 aromatic heterocycles. The van der Waals surface area contributed by atoms with Crippen molar-refractivity contribution in [2.75, 3.05) is 14.2 Å². The second-order valence-electron chi connectivity index (χ2n) is 8.57. The van der Waals surface area contributed by atoms with Crippen LogP contribution in [0.4, 0.5) is 0 Å². The summed E-state index contributed by atoms with van der Waals surface area (Å²) in [6.45, 7) is 11.0. The first-order valence-electron chi connectivity index (χ1n) is 9.86. The predicted molar refractivity (Wildman–Crippen MR) is 113 cm³/mol. The van der Waals surface area contributed by atoms with Crippen LogP contribution >= 0.6 is 7.80 Å². The second-order valence-corrected chi connectivity index (χ2v) is 10.4. The van der Waals surface area contributed by atoms with E-state index in [0.29, 0.717) is 23.0 Å². The zero-order valence-corrected chi connectivity index (χ0v) is 18.9. The van der Waals surface area contributed by atoms with E-state index in [1.807, 2.05) is 0 Å². The van der Waals surface area contributed by atoms with Gasteiger partial charge >= 0.3 is 13.3 Å². The Morgan fingerprint density at radius 3 is 2.15 bits per heavy atom. The summed E-state index contributed by atoms with van der Waals surface area (Å²) >= 11 is 0. The molecule has 0 radical (unpaired) electrons. The number of hydrogen-bond donors (Lipinski definition) is 0. The molecule has 1 rings (SSSR count). The minimum atomic E-state index is -2.06. The van der Waals surface area contributed by atoms with E-state index in [1.165, 1.54) is 14.2 Å². The first kappa shape index (κ1) is 23.6. The first-order valence-corrected chi connectivity index (χ1v) is 11.2. The highest BCUT2D eigenvalue weighted by atomic mass is 31.1. The maximum atomic E-state index is 13.3. The van der Waals surface area contributed by atoms with Gasteiger partial charge in [0.05, 0.1) is 14.2 Å². The van der Waals surface area contributed by atoms with Gasteiger partial charge in [0.2, 0.25) is 0 Å². The number of hydrogen-bond acceptors (Lipinski definition) is 4. The van der Waals surface area contributed by atoms with Crippen LogP contribution in [0.15, 0.2) is 18.2 Å². The number of carbonyl (C=O) groups is 1. The van der Waals surface area contributed by atoms with Crippen LogP contribution in [0.5, 0.6) is 11.5 Å². The molecule has 0 saturated carbocycles. The van der Waals surface area contributed by atoms with Gasteiger partial charge in [-0.25, -0.2) is 4.79 Å². The lowest BCUT2D eigenvalue weighted by Gasteiger charge is -2.23. The van der Waals surface area contributed by atoms with Crippen molar-refractivity contribution >= 4 is 13.3 Å². The molecule has 0 saturated heterocycles. The molecule has 5 heteroatoms. The number of benzene rings is 1. The van der Waals surface area contributed by atoms with E-state index >= 15 is 0 Å². The van der Waals surface area contributed by atoms with Crippen LogP contribution in [-0.4, -0.2) is 25.4 Å². The Labute approximate surface area is 165 Å². The molecule has 0 spiro atoms. The van der Waals surface area contributed by atoms with E-state index in [0.717, 1.165) is 32.1 Å². The molecule has 0 aliphatic rings. The molecule has 0 bridgehead atoms. The largest absolute Gasteiger partial charge is 0.496 e. The van der Waals surface area contributed by atoms with Gasteiger partial charge in [-0.05, 0) is 49.1 Å². The van der Waals surface area contributed by atoms with Gasteiger partial charge in [0.25, 0.3) is 0 Å². The van der Waals surface area contributed by atoms with E-state index in [-0.39, 0.29) is 16.6 Å². The summed E-state index contributed by atoms with van der Waals surface area (Å²) in [5, 5.41) is 0. The highest BCUT2D eigenvalue weighted by Gasteiger charge is 2.42. The maximum Gasteiger partial charge on any atom is 0.423 e. The van der Waals surface area contributed by atoms with Gasteiger partial charge in [-0.1, -0.05) is 51.7 Å². The van der Waals surface area contributed by atoms with Gasteiger partial charge < -0.3 is 9.47 Å². The Balaban J connectivity index is 3.09. The number of methoxy groups -OCH3 is 2. The minimum Gasteiger partial charge on any atom is -0.496 e. The Morgan fingerprint density at radius 2 is 1.70 bits per heavy atom. The van der Waals surface area contributed by atoms with Crippen molar-refractivity contribution in [1.29, 1.82) is 0 Å². The average Bonchev–Trinajstić information content (AvgIpc) is 2.61. The third kappa shape index (κ3) is 7.25. The summed E-state index contributed by atoms with van der Waals surface area (Å²) in [7, 11) is 0.965. The van der Waals surface area contributed by atoms with Gasteiger partial charge in [0.15, 0.2) is 11.2 Å². The Hall–Kier alpha value is -1.41. The summed E-state index contributed by atoms with van der Waals surface area (Å²) < 4.78 is 23.9. The standard InChI is InChI=1S/C22H36O4P/c1-8-9-11-17(14-16(2)15-22(3,4)5)27(24)21(23)20-18(25-6)12-10-13-19(20)26-7/h10,12-13,16-17H,8-9,11,14-15H2,1-7H3/q+1. The molecule has 3 atom stereocenters. The van der Waals surface area contributed by atoms with Crippen molar-refractivity contribution in [2.45, 2.75) is 72.4 Å². The van der Waals surface area contributed by atoms with Gasteiger partial charge in [0.1, 0.15) is 11.5 Å².